The molecule has 1 atom stereocenters. The molecule has 0 aromatic heterocycles. The number of amides is 1. The fourth-order valence-electron chi connectivity index (χ4n) is 1.69. The van der Waals surface area contributed by atoms with Gasteiger partial charge in [0.15, 0.2) is 6.04 Å². The van der Waals surface area contributed by atoms with Crippen LogP contribution in [-0.2, 0) is 20.7 Å². The van der Waals surface area contributed by atoms with Crippen LogP contribution in [0.1, 0.15) is 16.7 Å². The number of aliphatic carboxylic acids is 1. The predicted octanol–water partition coefficient (Wildman–Crippen LogP) is 1.06. The van der Waals surface area contributed by atoms with Crippen LogP contribution in [0.25, 0.3) is 0 Å². The number of carbonyl (C=O) groups excluding carboxylic acids is 1. The van der Waals surface area contributed by atoms with Crippen molar-refractivity contribution < 1.29 is 19.4 Å². The van der Waals surface area contributed by atoms with Crippen molar-refractivity contribution in [3.63, 3.8) is 0 Å². The average Bonchev–Trinajstić information content (AvgIpc) is 2.33. The molecule has 0 heterocycles. The van der Waals surface area contributed by atoms with Crippen LogP contribution in [0.15, 0.2) is 18.2 Å². The summed E-state index contributed by atoms with van der Waals surface area (Å²) in [5.41, 5.74) is 3.13. The Labute approximate surface area is 112 Å². The Bertz CT molecular complexity index is 471. The van der Waals surface area contributed by atoms with Gasteiger partial charge in [-0.3, -0.25) is 4.79 Å². The van der Waals surface area contributed by atoms with E-state index >= 15 is 0 Å². The van der Waals surface area contributed by atoms with Gasteiger partial charge in [0.05, 0.1) is 13.0 Å². The lowest BCUT2D eigenvalue weighted by Crippen LogP contribution is -2.44. The summed E-state index contributed by atoms with van der Waals surface area (Å²) in [5.74, 6) is -1.43. The highest BCUT2D eigenvalue weighted by molar-refractivity contribution is 5.84. The molecule has 19 heavy (non-hydrogen) atoms. The fourth-order valence-corrected chi connectivity index (χ4v) is 1.69. The standard InChI is InChI=1S/C14H19NO4/c1-9-4-5-11(6-10(9)2)7-13(16)15-12(8-19-3)14(17)18/h4-6,12H,7-8H2,1-3H3,(H,15,16)(H,17,18). The molecule has 1 rings (SSSR count). The fraction of sp³-hybridized carbons (Fsp3) is 0.429. The van der Waals surface area contributed by atoms with Gasteiger partial charge in [-0.1, -0.05) is 18.2 Å². The van der Waals surface area contributed by atoms with Gasteiger partial charge < -0.3 is 15.2 Å². The minimum absolute atomic E-state index is 0.0476. The van der Waals surface area contributed by atoms with Crippen molar-refractivity contribution in [1.29, 1.82) is 0 Å². The molecule has 0 aliphatic rings. The molecule has 0 bridgehead atoms. The Morgan fingerprint density at radius 1 is 1.32 bits per heavy atom. The number of aryl methyl sites for hydroxylation is 2. The molecule has 1 unspecified atom stereocenters. The summed E-state index contributed by atoms with van der Waals surface area (Å²) >= 11 is 0. The zero-order valence-electron chi connectivity index (χ0n) is 11.4. The van der Waals surface area contributed by atoms with Crippen LogP contribution in [0.2, 0.25) is 0 Å². The molecule has 0 saturated heterocycles. The van der Waals surface area contributed by atoms with E-state index in [0.29, 0.717) is 0 Å². The number of carboxylic acids is 1. The lowest BCUT2D eigenvalue weighted by Gasteiger charge is -2.13. The van der Waals surface area contributed by atoms with E-state index < -0.39 is 12.0 Å². The van der Waals surface area contributed by atoms with E-state index in [4.69, 9.17) is 9.84 Å². The summed E-state index contributed by atoms with van der Waals surface area (Å²) in [7, 11) is 1.39. The Balaban J connectivity index is 2.63. The van der Waals surface area contributed by atoms with Crippen molar-refractivity contribution in [3.05, 3.63) is 34.9 Å². The second kappa shape index (κ2) is 6.89. The summed E-state index contributed by atoms with van der Waals surface area (Å²) in [6, 6.07) is 4.74. The Morgan fingerprint density at radius 3 is 2.53 bits per heavy atom. The summed E-state index contributed by atoms with van der Waals surface area (Å²) in [6.07, 6.45) is 0.161. The molecule has 1 aromatic carbocycles. The van der Waals surface area contributed by atoms with Gasteiger partial charge in [-0.15, -0.1) is 0 Å². The molecule has 1 aromatic rings. The van der Waals surface area contributed by atoms with Crippen LogP contribution >= 0.6 is 0 Å². The van der Waals surface area contributed by atoms with Crippen LogP contribution < -0.4 is 5.32 Å². The highest BCUT2D eigenvalue weighted by Crippen LogP contribution is 2.10. The topological polar surface area (TPSA) is 75.6 Å². The molecule has 5 nitrogen and oxygen atoms in total. The molecule has 104 valence electrons. The number of carbonyl (C=O) groups is 2. The molecular weight excluding hydrogens is 246 g/mol. The van der Waals surface area contributed by atoms with E-state index in [9.17, 15) is 9.59 Å². The van der Waals surface area contributed by atoms with Gasteiger partial charge in [-0.2, -0.15) is 0 Å². The van der Waals surface area contributed by atoms with Crippen molar-refractivity contribution in [2.75, 3.05) is 13.7 Å². The zero-order chi connectivity index (χ0) is 14.4. The van der Waals surface area contributed by atoms with Gasteiger partial charge in [0, 0.05) is 7.11 Å². The number of nitrogens with one attached hydrogen (secondary N) is 1. The smallest absolute Gasteiger partial charge is 0.328 e. The number of carboxylic acid groups (broad SMARTS) is 1. The summed E-state index contributed by atoms with van der Waals surface area (Å²) in [5, 5.41) is 11.3. The lowest BCUT2D eigenvalue weighted by atomic mass is 10.0. The number of hydrogen-bond donors (Lipinski definition) is 2. The van der Waals surface area contributed by atoms with Gasteiger partial charge in [0.25, 0.3) is 0 Å². The molecule has 0 fully saturated rings. The number of methoxy groups -OCH3 is 1. The van der Waals surface area contributed by atoms with E-state index in [2.05, 4.69) is 5.32 Å². The number of rotatable bonds is 6. The van der Waals surface area contributed by atoms with Crippen molar-refractivity contribution in [3.8, 4) is 0 Å². The third kappa shape index (κ3) is 4.71. The van der Waals surface area contributed by atoms with Crippen LogP contribution in [0.3, 0.4) is 0 Å². The molecular formula is C14H19NO4. The maximum absolute atomic E-state index is 11.8. The molecule has 0 aliphatic heterocycles. The lowest BCUT2D eigenvalue weighted by molar-refractivity contribution is -0.143. The Hall–Kier alpha value is -1.88. The highest BCUT2D eigenvalue weighted by Gasteiger charge is 2.19. The van der Waals surface area contributed by atoms with Crippen molar-refractivity contribution in [1.82, 2.24) is 5.32 Å². The second-order valence-corrected chi connectivity index (χ2v) is 4.51. The molecule has 0 radical (unpaired) electrons. The summed E-state index contributed by atoms with van der Waals surface area (Å²) < 4.78 is 4.76. The molecule has 0 aliphatic carbocycles. The van der Waals surface area contributed by atoms with Gasteiger partial charge in [0.2, 0.25) is 5.91 Å². The van der Waals surface area contributed by atoms with Crippen LogP contribution in [-0.4, -0.2) is 36.7 Å². The first-order chi connectivity index (χ1) is 8.93. The molecule has 5 heteroatoms. The number of benzene rings is 1. The van der Waals surface area contributed by atoms with Crippen molar-refractivity contribution in [2.24, 2.45) is 0 Å². The number of hydrogen-bond acceptors (Lipinski definition) is 3. The maximum atomic E-state index is 11.8. The summed E-state index contributed by atoms with van der Waals surface area (Å²) in [4.78, 5) is 22.6. The van der Waals surface area contributed by atoms with Crippen LogP contribution in [0, 0.1) is 13.8 Å². The first-order valence-electron chi connectivity index (χ1n) is 6.01. The van der Waals surface area contributed by atoms with Crippen LogP contribution in [0.5, 0.6) is 0 Å². The Kier molecular flexibility index (Phi) is 5.51. The van der Waals surface area contributed by atoms with Crippen LogP contribution in [0.4, 0.5) is 0 Å². The normalized spacial score (nSPS) is 11.9. The van der Waals surface area contributed by atoms with E-state index in [-0.39, 0.29) is 18.9 Å². The van der Waals surface area contributed by atoms with Gasteiger partial charge in [0.1, 0.15) is 0 Å². The van der Waals surface area contributed by atoms with E-state index in [1.54, 1.807) is 0 Å². The molecule has 2 N–H and O–H groups in total. The van der Waals surface area contributed by atoms with Gasteiger partial charge in [-0.05, 0) is 30.5 Å². The van der Waals surface area contributed by atoms with Gasteiger partial charge in [-0.25, -0.2) is 4.79 Å². The van der Waals surface area contributed by atoms with Gasteiger partial charge >= 0.3 is 5.97 Å². The first-order valence-corrected chi connectivity index (χ1v) is 6.01. The van der Waals surface area contributed by atoms with Crippen molar-refractivity contribution >= 4 is 11.9 Å². The average molecular weight is 265 g/mol. The Morgan fingerprint density at radius 2 is 2.00 bits per heavy atom. The molecule has 0 spiro atoms. The third-order valence-corrected chi connectivity index (χ3v) is 2.90. The van der Waals surface area contributed by atoms with E-state index in [1.165, 1.54) is 7.11 Å². The number of ether oxygens (including phenoxy) is 1. The largest absolute Gasteiger partial charge is 0.480 e. The minimum atomic E-state index is -1.10. The quantitative estimate of drug-likeness (QED) is 0.806. The minimum Gasteiger partial charge on any atom is -0.480 e. The zero-order valence-corrected chi connectivity index (χ0v) is 11.4. The second-order valence-electron chi connectivity index (χ2n) is 4.51. The van der Waals surface area contributed by atoms with Crippen molar-refractivity contribution in [2.45, 2.75) is 26.3 Å². The molecule has 0 saturated carbocycles. The van der Waals surface area contributed by atoms with E-state index in [0.717, 1.165) is 16.7 Å². The SMILES string of the molecule is COCC(NC(=O)Cc1ccc(C)c(C)c1)C(=O)O. The first kappa shape index (κ1) is 15.2. The highest BCUT2D eigenvalue weighted by atomic mass is 16.5. The monoisotopic (exact) mass is 265 g/mol. The molecule has 1 amide bonds. The third-order valence-electron chi connectivity index (χ3n) is 2.90. The maximum Gasteiger partial charge on any atom is 0.328 e. The van der Waals surface area contributed by atoms with E-state index in [1.807, 2.05) is 32.0 Å². The predicted molar refractivity (Wildman–Crippen MR) is 71.1 cm³/mol. The summed E-state index contributed by atoms with van der Waals surface area (Å²) in [6.45, 7) is 3.92.